The van der Waals surface area contributed by atoms with Gasteiger partial charge in [0.25, 0.3) is 0 Å². The van der Waals surface area contributed by atoms with E-state index in [1.807, 2.05) is 67.8 Å². The predicted molar refractivity (Wildman–Crippen MR) is 104 cm³/mol. The largest absolute Gasteiger partial charge is 0.479 e. The van der Waals surface area contributed by atoms with Crippen molar-refractivity contribution in [2.75, 3.05) is 6.61 Å². The molecule has 140 valence electrons. The van der Waals surface area contributed by atoms with Crippen molar-refractivity contribution in [2.24, 2.45) is 0 Å². The molecule has 4 rings (SSSR count). The standard InChI is InChI=1S/C22H24N2O3/c1-5-22(26-6-2)17-12-13-24-15(4)14(3)23-21(24)19(17)27-18(20(22)25)16-10-8-7-9-11-16/h5,7-13,18,20,25H,1,6H2,2-4H3/t18-,20?,22?/m1/s1. The monoisotopic (exact) mass is 364 g/mol. The molecule has 5 nitrogen and oxygen atoms in total. The number of fused-ring (bicyclic) bond motifs is 3. The van der Waals surface area contributed by atoms with Gasteiger partial charge < -0.3 is 19.0 Å². The van der Waals surface area contributed by atoms with Gasteiger partial charge in [0, 0.05) is 24.1 Å². The third kappa shape index (κ3) is 2.50. The number of aliphatic hydroxyl groups is 1. The Morgan fingerprint density at radius 3 is 2.70 bits per heavy atom. The summed E-state index contributed by atoms with van der Waals surface area (Å²) < 4.78 is 14.5. The molecule has 3 heterocycles. The molecule has 1 N–H and O–H groups in total. The van der Waals surface area contributed by atoms with Crippen LogP contribution in [0.4, 0.5) is 0 Å². The number of hydrogen-bond donors (Lipinski definition) is 1. The molecular formula is C22H24N2O3. The highest BCUT2D eigenvalue weighted by atomic mass is 16.5. The lowest BCUT2D eigenvalue weighted by Gasteiger charge is -2.44. The Bertz CT molecular complexity index is 996. The SMILES string of the molecule is C=CC1(OCC)c2ccn3c(C)c(C)nc3c2O[C@H](c2ccccc2)C1O. The number of nitrogens with zero attached hydrogens (tertiary/aromatic N) is 2. The molecule has 0 spiro atoms. The maximum absolute atomic E-state index is 11.3. The second-order valence-electron chi connectivity index (χ2n) is 6.86. The summed E-state index contributed by atoms with van der Waals surface area (Å²) in [5, 5.41) is 11.3. The number of pyridine rings is 1. The Labute approximate surface area is 158 Å². The van der Waals surface area contributed by atoms with E-state index < -0.39 is 17.8 Å². The quantitative estimate of drug-likeness (QED) is 0.714. The summed E-state index contributed by atoms with van der Waals surface area (Å²) in [6.45, 7) is 10.3. The van der Waals surface area contributed by atoms with Crippen LogP contribution in [0.5, 0.6) is 5.75 Å². The number of benzene rings is 1. The van der Waals surface area contributed by atoms with Gasteiger partial charge in [-0.1, -0.05) is 43.0 Å². The zero-order valence-corrected chi connectivity index (χ0v) is 15.8. The average Bonchev–Trinajstić information content (AvgIpc) is 2.99. The van der Waals surface area contributed by atoms with Crippen LogP contribution in [0.25, 0.3) is 5.65 Å². The number of hydrogen-bond acceptors (Lipinski definition) is 4. The van der Waals surface area contributed by atoms with Crippen LogP contribution in [0.3, 0.4) is 0 Å². The van der Waals surface area contributed by atoms with Crippen molar-refractivity contribution in [1.82, 2.24) is 9.38 Å². The molecule has 0 amide bonds. The molecule has 5 heteroatoms. The summed E-state index contributed by atoms with van der Waals surface area (Å²) in [4.78, 5) is 4.71. The van der Waals surface area contributed by atoms with Crippen LogP contribution in [-0.4, -0.2) is 27.2 Å². The maximum Gasteiger partial charge on any atom is 0.180 e. The van der Waals surface area contributed by atoms with Crippen LogP contribution >= 0.6 is 0 Å². The number of rotatable bonds is 4. The number of aromatic nitrogens is 2. The fraction of sp³-hybridized carbons (Fsp3) is 0.318. The van der Waals surface area contributed by atoms with E-state index in [2.05, 4.69) is 6.58 Å². The van der Waals surface area contributed by atoms with Gasteiger partial charge in [-0.25, -0.2) is 4.98 Å². The molecular weight excluding hydrogens is 340 g/mol. The van der Waals surface area contributed by atoms with Crippen LogP contribution in [0.15, 0.2) is 55.3 Å². The minimum Gasteiger partial charge on any atom is -0.479 e. The zero-order valence-electron chi connectivity index (χ0n) is 15.8. The minimum absolute atomic E-state index is 0.432. The fourth-order valence-corrected chi connectivity index (χ4v) is 3.90. The van der Waals surface area contributed by atoms with E-state index in [0.29, 0.717) is 12.4 Å². The predicted octanol–water partition coefficient (Wildman–Crippen LogP) is 3.86. The highest BCUT2D eigenvalue weighted by Crippen LogP contribution is 2.49. The van der Waals surface area contributed by atoms with Gasteiger partial charge in [0.2, 0.25) is 0 Å². The number of ether oxygens (including phenoxy) is 2. The van der Waals surface area contributed by atoms with Crippen molar-refractivity contribution in [2.45, 2.75) is 38.6 Å². The number of aryl methyl sites for hydroxylation is 2. The molecule has 1 aliphatic rings. The third-order valence-corrected chi connectivity index (χ3v) is 5.43. The molecule has 0 saturated carbocycles. The molecule has 27 heavy (non-hydrogen) atoms. The summed E-state index contributed by atoms with van der Waals surface area (Å²) in [6.07, 6.45) is 2.09. The van der Waals surface area contributed by atoms with Gasteiger partial charge in [-0.15, -0.1) is 0 Å². The smallest absolute Gasteiger partial charge is 0.180 e. The molecule has 0 bridgehead atoms. The molecule has 2 aromatic heterocycles. The minimum atomic E-state index is -1.07. The maximum atomic E-state index is 11.3. The van der Waals surface area contributed by atoms with E-state index in [-0.39, 0.29) is 0 Å². The molecule has 2 unspecified atom stereocenters. The van der Waals surface area contributed by atoms with Gasteiger partial charge in [-0.05, 0) is 32.4 Å². The summed E-state index contributed by atoms with van der Waals surface area (Å²) in [6, 6.07) is 11.6. The Morgan fingerprint density at radius 2 is 2.04 bits per heavy atom. The lowest BCUT2D eigenvalue weighted by Crippen LogP contribution is -2.49. The summed E-state index contributed by atoms with van der Waals surface area (Å²) in [5.74, 6) is 0.626. The van der Waals surface area contributed by atoms with E-state index in [1.54, 1.807) is 6.08 Å². The van der Waals surface area contributed by atoms with Crippen molar-refractivity contribution in [3.05, 3.63) is 77.8 Å². The van der Waals surface area contributed by atoms with Crippen molar-refractivity contribution < 1.29 is 14.6 Å². The molecule has 1 aromatic carbocycles. The van der Waals surface area contributed by atoms with Crippen LogP contribution in [-0.2, 0) is 10.3 Å². The molecule has 1 aliphatic heterocycles. The van der Waals surface area contributed by atoms with Crippen molar-refractivity contribution in [3.8, 4) is 5.75 Å². The Kier molecular flexibility index (Phi) is 4.29. The second-order valence-corrected chi connectivity index (χ2v) is 6.86. The Hall–Kier alpha value is -2.63. The topological polar surface area (TPSA) is 56.0 Å². The fourth-order valence-electron chi connectivity index (χ4n) is 3.90. The molecule has 0 saturated heterocycles. The molecule has 0 fully saturated rings. The molecule has 3 aromatic rings. The average molecular weight is 364 g/mol. The highest BCUT2D eigenvalue weighted by Gasteiger charge is 2.50. The van der Waals surface area contributed by atoms with Gasteiger partial charge in [-0.2, -0.15) is 0 Å². The Balaban J connectivity index is 2.00. The lowest BCUT2D eigenvalue weighted by atomic mass is 9.80. The van der Waals surface area contributed by atoms with Gasteiger partial charge in [0.05, 0.1) is 5.69 Å². The summed E-state index contributed by atoms with van der Waals surface area (Å²) in [7, 11) is 0. The number of aliphatic hydroxyl groups excluding tert-OH is 1. The van der Waals surface area contributed by atoms with E-state index >= 15 is 0 Å². The molecule has 0 radical (unpaired) electrons. The van der Waals surface area contributed by atoms with Gasteiger partial charge >= 0.3 is 0 Å². The summed E-state index contributed by atoms with van der Waals surface area (Å²) >= 11 is 0. The Morgan fingerprint density at radius 1 is 1.30 bits per heavy atom. The van der Waals surface area contributed by atoms with Crippen molar-refractivity contribution in [3.63, 3.8) is 0 Å². The van der Waals surface area contributed by atoms with E-state index in [9.17, 15) is 5.11 Å². The van der Waals surface area contributed by atoms with E-state index in [4.69, 9.17) is 14.5 Å². The first kappa shape index (κ1) is 17.8. The van der Waals surface area contributed by atoms with E-state index in [1.165, 1.54) is 0 Å². The summed E-state index contributed by atoms with van der Waals surface area (Å²) in [5.41, 5.74) is 3.27. The van der Waals surface area contributed by atoms with Crippen LogP contribution in [0.2, 0.25) is 0 Å². The van der Waals surface area contributed by atoms with Crippen LogP contribution in [0, 0.1) is 13.8 Å². The van der Waals surface area contributed by atoms with Crippen LogP contribution in [0.1, 0.15) is 35.5 Å². The first-order valence-corrected chi connectivity index (χ1v) is 9.19. The first-order chi connectivity index (χ1) is 13.0. The zero-order chi connectivity index (χ0) is 19.2. The molecule has 0 aliphatic carbocycles. The van der Waals surface area contributed by atoms with Gasteiger partial charge in [-0.3, -0.25) is 0 Å². The molecule has 3 atom stereocenters. The van der Waals surface area contributed by atoms with Crippen molar-refractivity contribution in [1.29, 1.82) is 0 Å². The van der Waals surface area contributed by atoms with Gasteiger partial charge in [0.1, 0.15) is 11.7 Å². The van der Waals surface area contributed by atoms with Crippen LogP contribution < -0.4 is 4.74 Å². The van der Waals surface area contributed by atoms with E-state index in [0.717, 1.165) is 28.2 Å². The first-order valence-electron chi connectivity index (χ1n) is 9.19. The van der Waals surface area contributed by atoms with Crippen molar-refractivity contribution >= 4 is 5.65 Å². The number of imidazole rings is 1. The second kappa shape index (κ2) is 6.51. The lowest BCUT2D eigenvalue weighted by molar-refractivity contribution is -0.146. The third-order valence-electron chi connectivity index (χ3n) is 5.43. The van der Waals surface area contributed by atoms with Gasteiger partial charge in [0.15, 0.2) is 17.5 Å². The normalized spacial score (nSPS) is 24.4. The highest BCUT2D eigenvalue weighted by molar-refractivity contribution is 5.64.